The molecule has 2 heteroatoms. The van der Waals surface area contributed by atoms with E-state index in [0.29, 0.717) is 5.69 Å². The maximum absolute atomic E-state index is 6.62. The maximum atomic E-state index is 6.62. The highest BCUT2D eigenvalue weighted by atomic mass is 14.9. The zero-order chi connectivity index (χ0) is 37.0. The molecule has 0 fully saturated rings. The first-order valence-corrected chi connectivity index (χ1v) is 18.7. The number of nitrogen functional groups attached to an aromatic ring is 1. The van der Waals surface area contributed by atoms with Gasteiger partial charge in [0.1, 0.15) is 0 Å². The van der Waals surface area contributed by atoms with Crippen molar-refractivity contribution in [1.29, 1.82) is 0 Å². The Labute approximate surface area is 315 Å². The number of benzene rings is 7. The zero-order valence-corrected chi connectivity index (χ0v) is 31.7. The number of nitrogens with two attached hydrogens (primary N) is 1. The molecule has 2 nitrogen and oxygen atoms in total. The van der Waals surface area contributed by atoms with Gasteiger partial charge in [-0.3, -0.25) is 0 Å². The van der Waals surface area contributed by atoms with Crippen LogP contribution in [0, 0.1) is 0 Å². The maximum Gasteiger partial charge on any atom is 0.0713 e. The largest absolute Gasteiger partial charge is 0.397 e. The molecule has 7 aromatic carbocycles. The fourth-order valence-electron chi connectivity index (χ4n) is 8.19. The van der Waals surface area contributed by atoms with E-state index >= 15 is 0 Å². The minimum atomic E-state index is -0.484. The van der Waals surface area contributed by atoms with Crippen LogP contribution in [0.3, 0.4) is 0 Å². The zero-order valence-electron chi connectivity index (χ0n) is 31.7. The van der Waals surface area contributed by atoms with Crippen LogP contribution in [0.25, 0.3) is 33.4 Å². The molecule has 0 radical (unpaired) electrons. The molecule has 1 aliphatic rings. The topological polar surface area (TPSA) is 38.0 Å². The van der Waals surface area contributed by atoms with E-state index in [4.69, 9.17) is 5.73 Å². The molecule has 262 valence electrons. The van der Waals surface area contributed by atoms with Crippen LogP contribution in [-0.2, 0) is 16.2 Å². The Morgan fingerprint density at radius 1 is 0.434 bits per heavy atom. The number of hydrogen-bond donors (Lipinski definition) is 2. The molecule has 0 bridgehead atoms. The van der Waals surface area contributed by atoms with E-state index < -0.39 is 5.41 Å². The highest BCUT2D eigenvalue weighted by Crippen LogP contribution is 2.56. The predicted molar refractivity (Wildman–Crippen MR) is 226 cm³/mol. The third kappa shape index (κ3) is 5.93. The molecule has 7 aromatic rings. The number of fused-ring (bicyclic) bond motifs is 3. The lowest BCUT2D eigenvalue weighted by molar-refractivity contribution is 0.569. The van der Waals surface area contributed by atoms with E-state index in [1.54, 1.807) is 0 Å². The van der Waals surface area contributed by atoms with Crippen LogP contribution in [0.15, 0.2) is 164 Å². The molecule has 0 aliphatic heterocycles. The average Bonchev–Trinajstić information content (AvgIpc) is 3.46. The van der Waals surface area contributed by atoms with E-state index in [9.17, 15) is 0 Å². The van der Waals surface area contributed by atoms with Gasteiger partial charge in [-0.15, -0.1) is 0 Å². The molecule has 0 amide bonds. The van der Waals surface area contributed by atoms with Gasteiger partial charge < -0.3 is 11.1 Å². The van der Waals surface area contributed by atoms with Crippen LogP contribution in [0.5, 0.6) is 0 Å². The first-order valence-electron chi connectivity index (χ1n) is 18.7. The summed E-state index contributed by atoms with van der Waals surface area (Å²) in [4.78, 5) is 0. The van der Waals surface area contributed by atoms with Gasteiger partial charge in [-0.25, -0.2) is 0 Å². The molecule has 0 heterocycles. The molecule has 0 unspecified atom stereocenters. The third-order valence-corrected chi connectivity index (χ3v) is 11.0. The summed E-state index contributed by atoms with van der Waals surface area (Å²) < 4.78 is 0. The summed E-state index contributed by atoms with van der Waals surface area (Å²) in [6.45, 7) is 13.8. The Balaban J connectivity index is 1.40. The molecule has 0 atom stereocenters. The standard InChI is InChI=1S/C51H48N2/c1-49(2,3)38-31-35(32-39(33-38)50(4,5)6)41-25-17-24-40(48(41)53-47-29-15-14-28-46(47)52)34-18-16-21-37(30-34)51(36-19-8-7-9-20-36)44-26-12-10-22-42(44)43-23-11-13-27-45(43)51/h7-33,53H,52H2,1-6H3. The van der Waals surface area contributed by atoms with Crippen molar-refractivity contribution in [1.82, 2.24) is 0 Å². The summed E-state index contributed by atoms with van der Waals surface area (Å²) in [6, 6.07) is 59.9. The Bertz CT molecular complexity index is 2380. The fourth-order valence-corrected chi connectivity index (χ4v) is 8.19. The lowest BCUT2D eigenvalue weighted by Gasteiger charge is -2.34. The normalized spacial score (nSPS) is 13.3. The quantitative estimate of drug-likeness (QED) is 0.171. The smallest absolute Gasteiger partial charge is 0.0713 e. The van der Waals surface area contributed by atoms with Crippen molar-refractivity contribution < 1.29 is 0 Å². The van der Waals surface area contributed by atoms with Gasteiger partial charge in [-0.05, 0) is 84.7 Å². The molecule has 0 aromatic heterocycles. The molecule has 3 N–H and O–H groups in total. The molecule has 0 saturated heterocycles. The van der Waals surface area contributed by atoms with Gasteiger partial charge in [0.2, 0.25) is 0 Å². The Morgan fingerprint density at radius 2 is 0.925 bits per heavy atom. The van der Waals surface area contributed by atoms with Crippen molar-refractivity contribution in [3.63, 3.8) is 0 Å². The van der Waals surface area contributed by atoms with Gasteiger partial charge in [-0.2, -0.15) is 0 Å². The average molecular weight is 689 g/mol. The Hall–Kier alpha value is -5.86. The summed E-state index contributed by atoms with van der Waals surface area (Å²) >= 11 is 0. The summed E-state index contributed by atoms with van der Waals surface area (Å²) in [6.07, 6.45) is 0. The van der Waals surface area contributed by atoms with Crippen LogP contribution in [-0.4, -0.2) is 0 Å². The molecule has 1 aliphatic carbocycles. The first kappa shape index (κ1) is 34.2. The Morgan fingerprint density at radius 3 is 1.53 bits per heavy atom. The summed E-state index contributed by atoms with van der Waals surface area (Å²) in [5.74, 6) is 0. The van der Waals surface area contributed by atoms with Crippen molar-refractivity contribution in [2.24, 2.45) is 0 Å². The van der Waals surface area contributed by atoms with Gasteiger partial charge >= 0.3 is 0 Å². The SMILES string of the molecule is CC(C)(C)c1cc(-c2cccc(-c3cccc(C4(c5ccccc5)c5ccccc5-c5ccccc54)c3)c2Nc2ccccc2N)cc(C(C)(C)C)c1. The van der Waals surface area contributed by atoms with E-state index in [1.165, 1.54) is 50.1 Å². The monoisotopic (exact) mass is 688 g/mol. The number of anilines is 3. The van der Waals surface area contributed by atoms with Crippen LogP contribution >= 0.6 is 0 Å². The minimum Gasteiger partial charge on any atom is -0.397 e. The van der Waals surface area contributed by atoms with Gasteiger partial charge in [0.25, 0.3) is 0 Å². The first-order chi connectivity index (χ1) is 25.5. The van der Waals surface area contributed by atoms with Crippen molar-refractivity contribution in [2.45, 2.75) is 57.8 Å². The number of para-hydroxylation sites is 3. The van der Waals surface area contributed by atoms with Gasteiger partial charge in [0.15, 0.2) is 0 Å². The highest BCUT2D eigenvalue weighted by molar-refractivity contribution is 5.95. The number of rotatable bonds is 6. The molecular formula is C51H48N2. The summed E-state index contributed by atoms with van der Waals surface area (Å²) in [5, 5.41) is 3.86. The molecule has 0 saturated carbocycles. The molecule has 0 spiro atoms. The number of nitrogens with one attached hydrogen (secondary N) is 1. The van der Waals surface area contributed by atoms with Crippen LogP contribution < -0.4 is 11.1 Å². The van der Waals surface area contributed by atoms with E-state index in [2.05, 4.69) is 192 Å². The molecule has 53 heavy (non-hydrogen) atoms. The van der Waals surface area contributed by atoms with Crippen molar-refractivity contribution >= 4 is 17.1 Å². The van der Waals surface area contributed by atoms with Gasteiger partial charge in [-0.1, -0.05) is 187 Å². The van der Waals surface area contributed by atoms with Crippen LogP contribution in [0.4, 0.5) is 17.1 Å². The second-order valence-corrected chi connectivity index (χ2v) is 16.5. The van der Waals surface area contributed by atoms with Crippen LogP contribution in [0.1, 0.15) is 74.9 Å². The van der Waals surface area contributed by atoms with Crippen molar-refractivity contribution in [3.05, 3.63) is 197 Å². The highest BCUT2D eigenvalue weighted by Gasteiger charge is 2.45. The van der Waals surface area contributed by atoms with E-state index in [0.717, 1.165) is 28.1 Å². The van der Waals surface area contributed by atoms with E-state index in [1.807, 2.05) is 18.2 Å². The summed E-state index contributed by atoms with van der Waals surface area (Å²) in [5.41, 5.74) is 23.7. The molecule has 8 rings (SSSR count). The van der Waals surface area contributed by atoms with Crippen molar-refractivity contribution in [2.75, 3.05) is 11.1 Å². The Kier molecular flexibility index (Phi) is 8.38. The predicted octanol–water partition coefficient (Wildman–Crippen LogP) is 13.3. The van der Waals surface area contributed by atoms with Gasteiger partial charge in [0.05, 0.1) is 22.5 Å². The van der Waals surface area contributed by atoms with Gasteiger partial charge in [0, 0.05) is 11.1 Å². The second-order valence-electron chi connectivity index (χ2n) is 16.5. The lowest BCUT2D eigenvalue weighted by atomic mass is 9.67. The minimum absolute atomic E-state index is 0.0149. The fraction of sp³-hybridized carbons (Fsp3) is 0.176. The second kappa shape index (κ2) is 13.0. The number of hydrogen-bond acceptors (Lipinski definition) is 2. The third-order valence-electron chi connectivity index (χ3n) is 11.0. The van der Waals surface area contributed by atoms with E-state index in [-0.39, 0.29) is 10.8 Å². The molecular weight excluding hydrogens is 641 g/mol. The summed E-state index contributed by atoms with van der Waals surface area (Å²) in [7, 11) is 0. The lowest BCUT2D eigenvalue weighted by Crippen LogP contribution is -2.28. The van der Waals surface area contributed by atoms with Crippen LogP contribution in [0.2, 0.25) is 0 Å². The van der Waals surface area contributed by atoms with Crippen molar-refractivity contribution in [3.8, 4) is 33.4 Å².